The van der Waals surface area contributed by atoms with Gasteiger partial charge in [0.2, 0.25) is 5.88 Å². The maximum absolute atomic E-state index is 13.4. The largest absolute Gasteiger partial charge is 0.480 e. The van der Waals surface area contributed by atoms with Crippen molar-refractivity contribution in [2.45, 2.75) is 19.6 Å². The molecule has 0 N–H and O–H groups in total. The average molecular weight is 492 g/mol. The zero-order chi connectivity index (χ0) is 21.3. The van der Waals surface area contributed by atoms with Crippen molar-refractivity contribution >= 4 is 43.4 Å². The molecule has 2 aromatic heterocycles. The topological polar surface area (TPSA) is 73.8 Å². The van der Waals surface area contributed by atoms with Crippen molar-refractivity contribution in [3.8, 4) is 5.88 Å². The first-order valence-electron chi connectivity index (χ1n) is 9.51. The normalized spacial score (nSPS) is 16.8. The molecule has 1 fully saturated rings. The molecule has 0 saturated carbocycles. The number of hydrogen-bond donors (Lipinski definition) is 0. The monoisotopic (exact) mass is 491 g/mol. The zero-order valence-corrected chi connectivity index (χ0v) is 19.4. The number of morpholine rings is 1. The number of halogens is 1. The standard InChI is InChI=1S/C21H22BrN3O4S/c1-12-17-19(28-3)23-16(11-27-2)24-20(17)30-18(12)21(26)25-8-9-29-15(10-25)13-4-6-14(22)7-5-13/h4-7,15H,8-11H2,1-3H3. The third kappa shape index (κ3) is 4.07. The molecule has 0 bridgehead atoms. The fraction of sp³-hybridized carbons (Fsp3) is 0.381. The number of hydrogen-bond acceptors (Lipinski definition) is 7. The maximum atomic E-state index is 13.4. The second-order valence-corrected chi connectivity index (χ2v) is 8.90. The van der Waals surface area contributed by atoms with Gasteiger partial charge in [-0.15, -0.1) is 11.3 Å². The lowest BCUT2D eigenvalue weighted by molar-refractivity contribution is -0.0226. The second-order valence-electron chi connectivity index (χ2n) is 6.98. The summed E-state index contributed by atoms with van der Waals surface area (Å²) in [5.41, 5.74) is 1.90. The summed E-state index contributed by atoms with van der Waals surface area (Å²) in [4.78, 5) is 25.6. The minimum absolute atomic E-state index is 0.0174. The fourth-order valence-corrected chi connectivity index (χ4v) is 4.97. The summed E-state index contributed by atoms with van der Waals surface area (Å²) < 4.78 is 17.6. The van der Waals surface area contributed by atoms with E-state index in [1.54, 1.807) is 14.2 Å². The van der Waals surface area contributed by atoms with Gasteiger partial charge in [0.15, 0.2) is 5.82 Å². The molecule has 4 rings (SSSR count). The summed E-state index contributed by atoms with van der Waals surface area (Å²) in [7, 11) is 3.16. The first-order valence-corrected chi connectivity index (χ1v) is 11.1. The van der Waals surface area contributed by atoms with Crippen LogP contribution in [0.25, 0.3) is 10.2 Å². The highest BCUT2D eigenvalue weighted by atomic mass is 79.9. The third-order valence-electron chi connectivity index (χ3n) is 5.06. The van der Waals surface area contributed by atoms with Crippen molar-refractivity contribution in [2.24, 2.45) is 0 Å². The lowest BCUT2D eigenvalue weighted by atomic mass is 10.1. The van der Waals surface area contributed by atoms with Crippen molar-refractivity contribution in [3.05, 3.63) is 50.6 Å². The Bertz CT molecular complexity index is 1070. The predicted octanol–water partition coefficient (Wildman–Crippen LogP) is 4.13. The molecular weight excluding hydrogens is 470 g/mol. The Hall–Kier alpha value is -2.07. The lowest BCUT2D eigenvalue weighted by Crippen LogP contribution is -2.42. The number of aryl methyl sites for hydroxylation is 1. The Balaban J connectivity index is 1.63. The second kappa shape index (κ2) is 8.97. The summed E-state index contributed by atoms with van der Waals surface area (Å²) in [6, 6.07) is 8.01. The van der Waals surface area contributed by atoms with Crippen LogP contribution in [-0.2, 0) is 16.1 Å². The summed E-state index contributed by atoms with van der Waals surface area (Å²) in [6.07, 6.45) is -0.145. The summed E-state index contributed by atoms with van der Waals surface area (Å²) in [5.74, 6) is 0.981. The molecule has 0 spiro atoms. The van der Waals surface area contributed by atoms with Crippen LogP contribution in [-0.4, -0.2) is 54.7 Å². The minimum atomic E-state index is -0.145. The van der Waals surface area contributed by atoms with Gasteiger partial charge >= 0.3 is 0 Å². The first kappa shape index (κ1) is 21.2. The van der Waals surface area contributed by atoms with E-state index in [0.29, 0.717) is 36.3 Å². The van der Waals surface area contributed by atoms with Crippen LogP contribution in [0.3, 0.4) is 0 Å². The molecule has 7 nitrogen and oxygen atoms in total. The molecule has 30 heavy (non-hydrogen) atoms. The Kier molecular flexibility index (Phi) is 6.33. The van der Waals surface area contributed by atoms with E-state index in [-0.39, 0.29) is 18.6 Å². The number of rotatable bonds is 5. The van der Waals surface area contributed by atoms with E-state index in [9.17, 15) is 4.79 Å². The number of aromatic nitrogens is 2. The van der Waals surface area contributed by atoms with Crippen LogP contribution in [0.5, 0.6) is 5.88 Å². The number of carbonyl (C=O) groups excluding carboxylic acids is 1. The van der Waals surface area contributed by atoms with Crippen LogP contribution < -0.4 is 4.74 Å². The van der Waals surface area contributed by atoms with Crippen LogP contribution >= 0.6 is 27.3 Å². The molecule has 158 valence electrons. The molecule has 1 aliphatic rings. The Morgan fingerprint density at radius 1 is 1.30 bits per heavy atom. The molecule has 9 heteroatoms. The van der Waals surface area contributed by atoms with Crippen molar-refractivity contribution in [1.29, 1.82) is 0 Å². The van der Waals surface area contributed by atoms with Crippen molar-refractivity contribution in [2.75, 3.05) is 33.9 Å². The van der Waals surface area contributed by atoms with Crippen LogP contribution in [0.4, 0.5) is 0 Å². The smallest absolute Gasteiger partial charge is 0.264 e. The highest BCUT2D eigenvalue weighted by molar-refractivity contribution is 9.10. The highest BCUT2D eigenvalue weighted by Gasteiger charge is 2.29. The fourth-order valence-electron chi connectivity index (χ4n) is 3.55. The summed E-state index contributed by atoms with van der Waals surface area (Å²) in [6.45, 7) is 3.76. The van der Waals surface area contributed by atoms with Gasteiger partial charge in [-0.05, 0) is 30.2 Å². The van der Waals surface area contributed by atoms with Gasteiger partial charge in [-0.2, -0.15) is 4.98 Å². The number of benzene rings is 1. The van der Waals surface area contributed by atoms with Gasteiger partial charge < -0.3 is 19.1 Å². The molecule has 1 amide bonds. The molecule has 0 aliphatic carbocycles. The van der Waals surface area contributed by atoms with Crippen molar-refractivity contribution in [3.63, 3.8) is 0 Å². The summed E-state index contributed by atoms with van der Waals surface area (Å²) in [5, 5.41) is 0.781. The molecule has 1 aliphatic heterocycles. The minimum Gasteiger partial charge on any atom is -0.480 e. The van der Waals surface area contributed by atoms with Gasteiger partial charge in [0, 0.05) is 18.1 Å². The van der Waals surface area contributed by atoms with Crippen LogP contribution in [0.15, 0.2) is 28.7 Å². The van der Waals surface area contributed by atoms with Gasteiger partial charge in [0.25, 0.3) is 5.91 Å². The molecule has 1 unspecified atom stereocenters. The maximum Gasteiger partial charge on any atom is 0.264 e. The SMILES string of the molecule is COCc1nc(OC)c2c(C)c(C(=O)N3CCOC(c4ccc(Br)cc4)C3)sc2n1. The predicted molar refractivity (Wildman–Crippen MR) is 118 cm³/mol. The van der Waals surface area contributed by atoms with Gasteiger partial charge in [-0.3, -0.25) is 4.79 Å². The number of ether oxygens (including phenoxy) is 3. The van der Waals surface area contributed by atoms with E-state index in [2.05, 4.69) is 25.9 Å². The lowest BCUT2D eigenvalue weighted by Gasteiger charge is -2.33. The van der Waals surface area contributed by atoms with Gasteiger partial charge in [-0.25, -0.2) is 4.98 Å². The van der Waals surface area contributed by atoms with Gasteiger partial charge in [0.1, 0.15) is 17.5 Å². The molecule has 1 atom stereocenters. The third-order valence-corrected chi connectivity index (χ3v) is 6.76. The van der Waals surface area contributed by atoms with E-state index in [0.717, 1.165) is 25.8 Å². The zero-order valence-electron chi connectivity index (χ0n) is 17.0. The van der Waals surface area contributed by atoms with Crippen LogP contribution in [0.2, 0.25) is 0 Å². The van der Waals surface area contributed by atoms with Crippen molar-refractivity contribution < 1.29 is 19.0 Å². The molecule has 0 radical (unpaired) electrons. The Labute approximate surface area is 187 Å². The van der Waals surface area contributed by atoms with Crippen LogP contribution in [0, 0.1) is 6.92 Å². The number of fused-ring (bicyclic) bond motifs is 1. The quantitative estimate of drug-likeness (QED) is 0.534. The average Bonchev–Trinajstić information content (AvgIpc) is 3.10. The number of thiophene rings is 1. The Morgan fingerprint density at radius 2 is 2.07 bits per heavy atom. The molecule has 3 heterocycles. The number of amides is 1. The van der Waals surface area contributed by atoms with E-state index < -0.39 is 0 Å². The number of carbonyl (C=O) groups is 1. The number of nitrogens with zero attached hydrogens (tertiary/aromatic N) is 3. The van der Waals surface area contributed by atoms with E-state index in [1.165, 1.54) is 11.3 Å². The molecule has 3 aromatic rings. The van der Waals surface area contributed by atoms with Crippen LogP contribution in [0.1, 0.15) is 32.7 Å². The van der Waals surface area contributed by atoms with Gasteiger partial charge in [0.05, 0.1) is 30.5 Å². The molecule has 1 saturated heterocycles. The Morgan fingerprint density at radius 3 is 2.77 bits per heavy atom. The van der Waals surface area contributed by atoms with E-state index in [1.807, 2.05) is 36.1 Å². The number of methoxy groups -OCH3 is 2. The molecular formula is C21H22BrN3O4S. The van der Waals surface area contributed by atoms with Gasteiger partial charge in [-0.1, -0.05) is 28.1 Å². The first-order chi connectivity index (χ1) is 14.5. The highest BCUT2D eigenvalue weighted by Crippen LogP contribution is 2.36. The van der Waals surface area contributed by atoms with Crippen molar-refractivity contribution in [1.82, 2.24) is 14.9 Å². The summed E-state index contributed by atoms with van der Waals surface area (Å²) >= 11 is 4.82. The van der Waals surface area contributed by atoms with E-state index >= 15 is 0 Å². The van der Waals surface area contributed by atoms with E-state index in [4.69, 9.17) is 14.2 Å². The molecule has 1 aromatic carbocycles.